The molecule has 0 aromatic heterocycles. The summed E-state index contributed by atoms with van der Waals surface area (Å²) in [6.07, 6.45) is 0. The lowest BCUT2D eigenvalue weighted by atomic mass is 11.7. The van der Waals surface area contributed by atoms with E-state index in [1.54, 1.807) is 20.1 Å². The Morgan fingerprint density at radius 2 is 0.647 bits per heavy atom. The van der Waals surface area contributed by atoms with Crippen molar-refractivity contribution in [2.45, 2.75) is 0 Å². The van der Waals surface area contributed by atoms with E-state index in [1.807, 2.05) is 0 Å². The topological polar surface area (TPSA) is 0 Å². The van der Waals surface area contributed by atoms with Gasteiger partial charge in [-0.1, -0.05) is 0 Å². The first kappa shape index (κ1) is 19.3. The molecule has 0 aliphatic carbocycles. The van der Waals surface area contributed by atoms with Crippen molar-refractivity contribution in [2.75, 3.05) is 73.4 Å². The fourth-order valence-corrected chi connectivity index (χ4v) is 37.2. The molecule has 0 N–H and O–H groups in total. The van der Waals surface area contributed by atoms with Crippen molar-refractivity contribution in [3.63, 3.8) is 0 Å². The largest absolute Gasteiger partial charge is 0.170 e. The van der Waals surface area contributed by atoms with Gasteiger partial charge in [0.2, 0.25) is 0 Å². The Hall–Kier alpha value is 2.25. The van der Waals surface area contributed by atoms with Crippen LogP contribution in [0.1, 0.15) is 0 Å². The third-order valence-electron chi connectivity index (χ3n) is 3.01. The van der Waals surface area contributed by atoms with Crippen LogP contribution in [0.2, 0.25) is 0 Å². The number of hydrogen-bond acceptors (Lipinski definition) is 0. The average molecular weight is 327 g/mol. The quantitative estimate of drug-likeness (QED) is 0.453. The van der Waals surface area contributed by atoms with Gasteiger partial charge in [-0.15, -0.1) is 0 Å². The number of rotatable bonds is 8. The van der Waals surface area contributed by atoms with Crippen LogP contribution < -0.4 is 0 Å². The predicted octanol–water partition coefficient (Wildman–Crippen LogP) is 4.56. The summed E-state index contributed by atoms with van der Waals surface area (Å²) in [4.78, 5) is 0. The van der Waals surface area contributed by atoms with Crippen molar-refractivity contribution >= 4 is 44.8 Å². The van der Waals surface area contributed by atoms with Crippen LogP contribution in [0.4, 0.5) is 0 Å². The third-order valence-corrected chi connectivity index (χ3v) is 27.1. The van der Waals surface area contributed by atoms with Crippen LogP contribution in [0, 0.1) is 0 Å². The minimum absolute atomic E-state index is 0.325. The number of hydrogen-bond donors (Lipinski definition) is 0. The summed E-state index contributed by atoms with van der Waals surface area (Å²) < 4.78 is 0. The van der Waals surface area contributed by atoms with Crippen molar-refractivity contribution in [1.82, 2.24) is 0 Å². The van der Waals surface area contributed by atoms with Crippen molar-refractivity contribution in [1.29, 1.82) is 0 Å². The maximum Gasteiger partial charge on any atom is 0.154 e. The molecule has 0 aromatic rings. The molecule has 0 heterocycles. The zero-order valence-corrected chi connectivity index (χ0v) is 17.9. The standard InChI is InChI=1S/4C3H8P.Al/c4*1-4(2)3;/h4*1H2,2-3H3;/q;;;;-1. The van der Waals surface area contributed by atoms with Crippen LogP contribution in [-0.2, 0) is 0 Å². The van der Waals surface area contributed by atoms with Gasteiger partial charge in [-0.05, 0) is 53.3 Å². The van der Waals surface area contributed by atoms with Crippen molar-refractivity contribution in [3.05, 3.63) is 0 Å². The van der Waals surface area contributed by atoms with E-state index in [4.69, 9.17) is 0 Å². The Kier molecular flexibility index (Phi) is 10.5. The Labute approximate surface area is 118 Å². The molecule has 0 fully saturated rings. The van der Waals surface area contributed by atoms with Gasteiger partial charge < -0.3 is 0 Å². The van der Waals surface area contributed by atoms with E-state index in [2.05, 4.69) is 53.3 Å². The molecule has 0 rings (SSSR count). The second kappa shape index (κ2) is 9.24. The zero-order valence-electron chi connectivity index (χ0n) is 13.2. The second-order valence-corrected chi connectivity index (χ2v) is 24.7. The highest BCUT2D eigenvalue weighted by molar-refractivity contribution is 7.69. The summed E-state index contributed by atoms with van der Waals surface area (Å²) in [6.45, 7) is 20.1. The molecule has 104 valence electrons. The molecule has 0 aromatic carbocycles. The third kappa shape index (κ3) is 9.74. The van der Waals surface area contributed by atoms with Gasteiger partial charge in [0.05, 0.1) is 0 Å². The lowest BCUT2D eigenvalue weighted by Crippen LogP contribution is -2.49. The molecule has 0 amide bonds. The smallest absolute Gasteiger partial charge is 0.154 e. The molecular formula is C12H32AlP4-. The fourth-order valence-electron chi connectivity index (χ4n) is 3.44. The van der Waals surface area contributed by atoms with Gasteiger partial charge >= 0.3 is 0 Å². The van der Waals surface area contributed by atoms with Gasteiger partial charge in [-0.25, -0.2) is 0 Å². The molecule has 0 saturated carbocycles. The lowest BCUT2D eigenvalue weighted by molar-refractivity contribution is 1.54. The molecule has 0 aliphatic rings. The minimum Gasteiger partial charge on any atom is -0.170 e. The van der Waals surface area contributed by atoms with Crippen LogP contribution in [0.15, 0.2) is 0 Å². The molecule has 0 nitrogen and oxygen atoms in total. The highest BCUT2D eigenvalue weighted by Gasteiger charge is 2.32. The summed E-state index contributed by atoms with van der Waals surface area (Å²) in [5.41, 5.74) is 0. The van der Waals surface area contributed by atoms with Gasteiger partial charge in [0.25, 0.3) is 0 Å². The summed E-state index contributed by atoms with van der Waals surface area (Å²) in [5.74, 6) is 0. The first-order chi connectivity index (χ1) is 7.67. The van der Waals surface area contributed by atoms with Gasteiger partial charge in [0.15, 0.2) is 13.1 Å². The Morgan fingerprint density at radius 1 is 0.471 bits per heavy atom. The second-order valence-electron chi connectivity index (χ2n) is 6.78. The van der Waals surface area contributed by atoms with Crippen LogP contribution in [0.3, 0.4) is 0 Å². The van der Waals surface area contributed by atoms with E-state index in [-0.39, 0.29) is 0 Å². The average Bonchev–Trinajstić information content (AvgIpc) is 1.95. The molecule has 0 aliphatic heterocycles. The van der Waals surface area contributed by atoms with Crippen LogP contribution >= 0.6 is 31.7 Å². The van der Waals surface area contributed by atoms with E-state index in [0.717, 1.165) is 0 Å². The molecule has 0 unspecified atom stereocenters. The predicted molar refractivity (Wildman–Crippen MR) is 100 cm³/mol. The SMILES string of the molecule is CP(C)[CH2][Al-]([CH2]P(C)C)([CH2]P(C)C)[CH2]P(C)C. The van der Waals surface area contributed by atoms with E-state index < -0.39 is 13.1 Å². The first-order valence-corrected chi connectivity index (χ1v) is 19.4. The maximum absolute atomic E-state index is 2.51. The maximum atomic E-state index is 2.51. The highest BCUT2D eigenvalue weighted by atomic mass is 31.1. The van der Waals surface area contributed by atoms with E-state index >= 15 is 0 Å². The normalized spacial score (nSPS) is 13.4. The van der Waals surface area contributed by atoms with Crippen molar-refractivity contribution < 1.29 is 0 Å². The fraction of sp³-hybridized carbons (Fsp3) is 1.00. The Bertz CT molecular complexity index is 159. The Morgan fingerprint density at radius 3 is 0.765 bits per heavy atom. The highest BCUT2D eigenvalue weighted by Crippen LogP contribution is 2.45. The molecule has 0 bridgehead atoms. The minimum atomic E-state index is -1.26. The van der Waals surface area contributed by atoms with Gasteiger partial charge in [-0.3, -0.25) is 0 Å². The van der Waals surface area contributed by atoms with Crippen LogP contribution in [-0.4, -0.2) is 86.5 Å². The van der Waals surface area contributed by atoms with E-state index in [0.29, 0.717) is 31.7 Å². The van der Waals surface area contributed by atoms with E-state index in [9.17, 15) is 0 Å². The summed E-state index contributed by atoms with van der Waals surface area (Å²) in [6, 6.07) is 0. The summed E-state index contributed by atoms with van der Waals surface area (Å²) >= 11 is -1.26. The van der Waals surface area contributed by atoms with Crippen molar-refractivity contribution in [2.24, 2.45) is 0 Å². The molecular weight excluding hydrogens is 295 g/mol. The molecule has 0 atom stereocenters. The van der Waals surface area contributed by atoms with Crippen LogP contribution in [0.5, 0.6) is 0 Å². The van der Waals surface area contributed by atoms with Gasteiger partial charge in [0.1, 0.15) is 0 Å². The molecule has 17 heavy (non-hydrogen) atoms. The molecule has 0 saturated heterocycles. The Balaban J connectivity index is 4.89. The van der Waals surface area contributed by atoms with E-state index in [1.165, 1.54) is 0 Å². The lowest BCUT2D eigenvalue weighted by Gasteiger charge is -2.42. The molecule has 5 heteroatoms. The van der Waals surface area contributed by atoms with Gasteiger partial charge in [0, 0.05) is 0 Å². The summed E-state index contributed by atoms with van der Waals surface area (Å²) in [5, 5.41) is 6.74. The molecule has 0 radical (unpaired) electrons. The van der Waals surface area contributed by atoms with Gasteiger partial charge in [-0.2, -0.15) is 51.8 Å². The molecule has 0 spiro atoms. The first-order valence-electron chi connectivity index (χ1n) is 6.48. The van der Waals surface area contributed by atoms with Crippen LogP contribution in [0.25, 0.3) is 0 Å². The zero-order chi connectivity index (χ0) is 13.6. The monoisotopic (exact) mass is 327 g/mol. The van der Waals surface area contributed by atoms with Crippen molar-refractivity contribution in [3.8, 4) is 0 Å². The summed E-state index contributed by atoms with van der Waals surface area (Å²) in [7, 11) is 1.30.